The second kappa shape index (κ2) is 10.3. The van der Waals surface area contributed by atoms with Crippen molar-refractivity contribution in [2.45, 2.75) is 53.5 Å². The van der Waals surface area contributed by atoms with E-state index in [1.54, 1.807) is 32.8 Å². The Balaban J connectivity index is 3.15. The molecule has 7 heteroatoms. The van der Waals surface area contributed by atoms with Gasteiger partial charge in [0.2, 0.25) is 5.91 Å². The van der Waals surface area contributed by atoms with Gasteiger partial charge < -0.3 is 19.4 Å². The van der Waals surface area contributed by atoms with Crippen LogP contribution in [0.4, 0.5) is 0 Å². The lowest BCUT2D eigenvalue weighted by Crippen LogP contribution is -2.44. The Labute approximate surface area is 161 Å². The second-order valence-corrected chi connectivity index (χ2v) is 7.19. The van der Waals surface area contributed by atoms with Gasteiger partial charge in [-0.05, 0) is 38.7 Å². The summed E-state index contributed by atoms with van der Waals surface area (Å²) in [6.45, 7) is 10.1. The summed E-state index contributed by atoms with van der Waals surface area (Å²) in [6, 6.07) is -0.633. The van der Waals surface area contributed by atoms with Gasteiger partial charge in [0.15, 0.2) is 5.78 Å². The summed E-state index contributed by atoms with van der Waals surface area (Å²) in [6.07, 6.45) is 1.03. The summed E-state index contributed by atoms with van der Waals surface area (Å²) in [4.78, 5) is 42.3. The van der Waals surface area contributed by atoms with Gasteiger partial charge in [-0.2, -0.15) is 0 Å². The molecule has 0 fully saturated rings. The summed E-state index contributed by atoms with van der Waals surface area (Å²) < 4.78 is 9.84. The van der Waals surface area contributed by atoms with Crippen LogP contribution < -0.4 is 0 Å². The maximum Gasteiger partial charge on any atom is 0.354 e. The van der Waals surface area contributed by atoms with Gasteiger partial charge in [0.1, 0.15) is 5.69 Å². The number of nitrogens with one attached hydrogen (secondary N) is 1. The molecule has 0 aliphatic heterocycles. The first kappa shape index (κ1) is 22.9. The number of carbonyl (C=O) groups excluding carboxylic acids is 3. The van der Waals surface area contributed by atoms with Crippen molar-refractivity contribution >= 4 is 17.7 Å². The smallest absolute Gasteiger partial charge is 0.354 e. The topological polar surface area (TPSA) is 88.7 Å². The standard InChI is InChI=1S/C20H32N2O5/c1-12(2)11-16(23)22(9-8-10-26-6)15(5)19(24)17-13(3)18(20(25)27-7)21-14(17)4/h12,15,21H,8-11H2,1-7H3/t15-/m1/s1. The molecule has 7 nitrogen and oxygen atoms in total. The van der Waals surface area contributed by atoms with E-state index in [0.717, 1.165) is 0 Å². The van der Waals surface area contributed by atoms with Crippen LogP contribution in [0, 0.1) is 19.8 Å². The second-order valence-electron chi connectivity index (χ2n) is 7.19. The average molecular weight is 380 g/mol. The largest absolute Gasteiger partial charge is 0.464 e. The van der Waals surface area contributed by atoms with E-state index in [0.29, 0.717) is 42.8 Å². The number of aromatic amines is 1. The highest BCUT2D eigenvalue weighted by Gasteiger charge is 2.31. The minimum atomic E-state index is -0.633. The first-order valence-corrected chi connectivity index (χ1v) is 9.25. The molecule has 1 rings (SSSR count). The van der Waals surface area contributed by atoms with Crippen LogP contribution in [0.25, 0.3) is 0 Å². The average Bonchev–Trinajstić information content (AvgIpc) is 2.90. The quantitative estimate of drug-likeness (QED) is 0.383. The number of methoxy groups -OCH3 is 2. The number of hydrogen-bond donors (Lipinski definition) is 1. The van der Waals surface area contributed by atoms with Gasteiger partial charge in [0.25, 0.3) is 0 Å². The van der Waals surface area contributed by atoms with Crippen LogP contribution >= 0.6 is 0 Å². The van der Waals surface area contributed by atoms with Crippen LogP contribution in [-0.2, 0) is 14.3 Å². The summed E-state index contributed by atoms with van der Waals surface area (Å²) in [5.74, 6) is -0.562. The molecule has 27 heavy (non-hydrogen) atoms. The molecule has 0 saturated heterocycles. The third kappa shape index (κ3) is 5.66. The van der Waals surface area contributed by atoms with E-state index in [1.165, 1.54) is 7.11 Å². The molecule has 1 heterocycles. The number of amides is 1. The Kier molecular flexibility index (Phi) is 8.69. The van der Waals surface area contributed by atoms with Crippen LogP contribution in [-0.4, -0.2) is 61.0 Å². The Morgan fingerprint density at radius 2 is 1.74 bits per heavy atom. The zero-order valence-electron chi connectivity index (χ0n) is 17.5. The van der Waals surface area contributed by atoms with Crippen LogP contribution in [0.3, 0.4) is 0 Å². The van der Waals surface area contributed by atoms with Gasteiger partial charge in [-0.1, -0.05) is 13.8 Å². The van der Waals surface area contributed by atoms with Crippen molar-refractivity contribution in [1.82, 2.24) is 9.88 Å². The van der Waals surface area contributed by atoms with Crippen molar-refractivity contribution in [3.05, 3.63) is 22.5 Å². The zero-order valence-corrected chi connectivity index (χ0v) is 17.5. The number of aromatic nitrogens is 1. The molecule has 1 atom stereocenters. The Morgan fingerprint density at radius 1 is 1.11 bits per heavy atom. The van der Waals surface area contributed by atoms with Crippen LogP contribution in [0.1, 0.15) is 65.7 Å². The molecule has 0 spiro atoms. The van der Waals surface area contributed by atoms with Crippen molar-refractivity contribution in [2.24, 2.45) is 5.92 Å². The molecule has 152 valence electrons. The molecule has 1 N–H and O–H groups in total. The van der Waals surface area contributed by atoms with Crippen molar-refractivity contribution in [2.75, 3.05) is 27.4 Å². The number of aryl methyl sites for hydroxylation is 1. The lowest BCUT2D eigenvalue weighted by molar-refractivity contribution is -0.133. The van der Waals surface area contributed by atoms with Gasteiger partial charge in [-0.25, -0.2) is 4.79 Å². The van der Waals surface area contributed by atoms with Crippen molar-refractivity contribution in [3.8, 4) is 0 Å². The number of hydrogen-bond acceptors (Lipinski definition) is 5. The number of rotatable bonds is 10. The van der Waals surface area contributed by atoms with Gasteiger partial charge in [0, 0.05) is 37.9 Å². The van der Waals surface area contributed by atoms with E-state index >= 15 is 0 Å². The Bertz CT molecular complexity index is 678. The Morgan fingerprint density at radius 3 is 2.26 bits per heavy atom. The fourth-order valence-electron chi connectivity index (χ4n) is 3.16. The molecule has 1 aromatic rings. The van der Waals surface area contributed by atoms with E-state index in [9.17, 15) is 14.4 Å². The maximum absolute atomic E-state index is 13.2. The molecule has 1 aromatic heterocycles. The predicted octanol–water partition coefficient (Wildman–Crippen LogP) is 2.90. The lowest BCUT2D eigenvalue weighted by Gasteiger charge is -2.29. The normalized spacial score (nSPS) is 12.1. The molecule has 0 aromatic carbocycles. The van der Waals surface area contributed by atoms with Crippen LogP contribution in [0.2, 0.25) is 0 Å². The summed E-state index contributed by atoms with van der Waals surface area (Å²) >= 11 is 0. The minimum Gasteiger partial charge on any atom is -0.464 e. The highest BCUT2D eigenvalue weighted by atomic mass is 16.5. The number of ether oxygens (including phenoxy) is 2. The number of ketones is 1. The highest BCUT2D eigenvalue weighted by molar-refractivity contribution is 6.06. The fraction of sp³-hybridized carbons (Fsp3) is 0.650. The lowest BCUT2D eigenvalue weighted by atomic mass is 9.99. The van der Waals surface area contributed by atoms with Gasteiger partial charge in [-0.3, -0.25) is 9.59 Å². The minimum absolute atomic E-state index is 0.0546. The molecule has 1 amide bonds. The van der Waals surface area contributed by atoms with Crippen molar-refractivity contribution < 1.29 is 23.9 Å². The zero-order chi connectivity index (χ0) is 20.7. The monoisotopic (exact) mass is 380 g/mol. The molecule has 0 aliphatic carbocycles. The van der Waals surface area contributed by atoms with Gasteiger partial charge in [-0.15, -0.1) is 0 Å². The van der Waals surface area contributed by atoms with E-state index in [4.69, 9.17) is 9.47 Å². The van der Waals surface area contributed by atoms with E-state index < -0.39 is 12.0 Å². The highest BCUT2D eigenvalue weighted by Crippen LogP contribution is 2.22. The number of Topliss-reactive ketones (excluding diaryl/α,β-unsaturated/α-hetero) is 1. The third-order valence-corrected chi connectivity index (χ3v) is 4.57. The summed E-state index contributed by atoms with van der Waals surface area (Å²) in [5.41, 5.74) is 1.85. The van der Waals surface area contributed by atoms with Gasteiger partial charge in [0.05, 0.1) is 13.2 Å². The van der Waals surface area contributed by atoms with E-state index in [2.05, 4.69) is 4.98 Å². The summed E-state index contributed by atoms with van der Waals surface area (Å²) in [5, 5.41) is 0. The van der Waals surface area contributed by atoms with Gasteiger partial charge >= 0.3 is 5.97 Å². The van der Waals surface area contributed by atoms with Crippen LogP contribution in [0.15, 0.2) is 0 Å². The maximum atomic E-state index is 13.2. The Hall–Kier alpha value is -2.15. The number of nitrogens with zero attached hydrogens (tertiary/aromatic N) is 1. The third-order valence-electron chi connectivity index (χ3n) is 4.57. The van der Waals surface area contributed by atoms with Crippen molar-refractivity contribution in [1.29, 1.82) is 0 Å². The number of carbonyl (C=O) groups is 3. The fourth-order valence-corrected chi connectivity index (χ4v) is 3.16. The molecular formula is C20H32N2O5. The molecule has 0 aliphatic rings. The predicted molar refractivity (Wildman–Crippen MR) is 103 cm³/mol. The van der Waals surface area contributed by atoms with E-state index in [1.807, 2.05) is 13.8 Å². The molecule has 0 radical (unpaired) electrons. The molecular weight excluding hydrogens is 348 g/mol. The van der Waals surface area contributed by atoms with Crippen molar-refractivity contribution in [3.63, 3.8) is 0 Å². The molecule has 0 saturated carbocycles. The first-order chi connectivity index (χ1) is 12.6. The first-order valence-electron chi connectivity index (χ1n) is 9.25. The van der Waals surface area contributed by atoms with E-state index in [-0.39, 0.29) is 23.3 Å². The SMILES string of the molecule is COCCCN(C(=O)CC(C)C)[C@H](C)C(=O)c1c(C)[nH]c(C(=O)OC)c1C. The number of esters is 1. The summed E-state index contributed by atoms with van der Waals surface area (Å²) in [7, 11) is 2.90. The van der Waals surface area contributed by atoms with Crippen LogP contribution in [0.5, 0.6) is 0 Å². The number of H-pyrrole nitrogens is 1. The molecule has 0 bridgehead atoms. The molecule has 0 unspecified atom stereocenters.